The van der Waals surface area contributed by atoms with Crippen LogP contribution in [0.15, 0.2) is 29.1 Å². The van der Waals surface area contributed by atoms with Gasteiger partial charge in [0.25, 0.3) is 5.91 Å². The molecule has 0 aromatic carbocycles. The number of nitrogens with zero attached hydrogens (tertiary/aromatic N) is 2. The zero-order chi connectivity index (χ0) is 14.1. The van der Waals surface area contributed by atoms with Gasteiger partial charge in [0.2, 0.25) is 5.22 Å². The number of ether oxygens (including phenoxy) is 1. The maximum atomic E-state index is 12.6. The standard InChI is InChI=1S/C13H14ClN3O3/c1-19-8-6-10(12-15-3-4-16-12)17(7-8)13(18)9-2-5-20-11(9)14/h2-5,8,10H,6-7H2,1H3,(H,15,16)/t8-,10?/m1/s1. The Balaban J connectivity index is 1.90. The van der Waals surface area contributed by atoms with E-state index in [1.165, 1.54) is 6.26 Å². The summed E-state index contributed by atoms with van der Waals surface area (Å²) in [4.78, 5) is 21.6. The first-order chi connectivity index (χ1) is 9.70. The van der Waals surface area contributed by atoms with E-state index in [9.17, 15) is 4.79 Å². The third kappa shape index (κ3) is 2.21. The minimum Gasteiger partial charge on any atom is -0.452 e. The summed E-state index contributed by atoms with van der Waals surface area (Å²) in [6, 6.07) is 1.43. The van der Waals surface area contributed by atoms with Gasteiger partial charge in [-0.15, -0.1) is 0 Å². The third-order valence-corrected chi connectivity index (χ3v) is 3.83. The zero-order valence-electron chi connectivity index (χ0n) is 10.9. The van der Waals surface area contributed by atoms with Crippen LogP contribution in [0.3, 0.4) is 0 Å². The lowest BCUT2D eigenvalue weighted by Gasteiger charge is -2.22. The van der Waals surface area contributed by atoms with Gasteiger partial charge in [-0.3, -0.25) is 4.79 Å². The van der Waals surface area contributed by atoms with Crippen molar-refractivity contribution in [2.75, 3.05) is 13.7 Å². The Bertz CT molecular complexity index is 596. The molecule has 0 bridgehead atoms. The topological polar surface area (TPSA) is 71.4 Å². The first-order valence-corrected chi connectivity index (χ1v) is 6.64. The molecule has 1 saturated heterocycles. The Morgan fingerprint density at radius 1 is 1.65 bits per heavy atom. The lowest BCUT2D eigenvalue weighted by molar-refractivity contribution is 0.0684. The van der Waals surface area contributed by atoms with Crippen molar-refractivity contribution >= 4 is 17.5 Å². The van der Waals surface area contributed by atoms with Crippen molar-refractivity contribution in [2.45, 2.75) is 18.6 Å². The van der Waals surface area contributed by atoms with E-state index in [1.807, 2.05) is 0 Å². The molecule has 0 aliphatic carbocycles. The van der Waals surface area contributed by atoms with Crippen LogP contribution in [0.1, 0.15) is 28.6 Å². The van der Waals surface area contributed by atoms with Crippen molar-refractivity contribution in [1.29, 1.82) is 0 Å². The van der Waals surface area contributed by atoms with Crippen molar-refractivity contribution in [1.82, 2.24) is 14.9 Å². The van der Waals surface area contributed by atoms with E-state index in [1.54, 1.807) is 30.5 Å². The van der Waals surface area contributed by atoms with Crippen LogP contribution in [0.25, 0.3) is 0 Å². The minimum atomic E-state index is -0.176. The molecule has 0 radical (unpaired) electrons. The molecule has 0 spiro atoms. The maximum absolute atomic E-state index is 12.6. The molecular weight excluding hydrogens is 282 g/mol. The van der Waals surface area contributed by atoms with Gasteiger partial charge in [-0.1, -0.05) is 0 Å². The van der Waals surface area contributed by atoms with Crippen LogP contribution in [0.4, 0.5) is 0 Å². The molecule has 2 aromatic rings. The molecule has 1 aliphatic rings. The number of nitrogens with one attached hydrogen (secondary N) is 1. The highest BCUT2D eigenvalue weighted by Crippen LogP contribution is 2.33. The molecule has 1 fully saturated rings. The fourth-order valence-electron chi connectivity index (χ4n) is 2.51. The van der Waals surface area contributed by atoms with E-state index in [-0.39, 0.29) is 23.3 Å². The molecule has 2 aromatic heterocycles. The predicted octanol–water partition coefficient (Wildman–Crippen LogP) is 2.26. The fourth-order valence-corrected chi connectivity index (χ4v) is 2.71. The minimum absolute atomic E-state index is 0.0141. The van der Waals surface area contributed by atoms with Crippen molar-refractivity contribution in [2.24, 2.45) is 0 Å². The van der Waals surface area contributed by atoms with Gasteiger partial charge in [0.1, 0.15) is 5.82 Å². The molecule has 20 heavy (non-hydrogen) atoms. The van der Waals surface area contributed by atoms with Gasteiger partial charge in [0, 0.05) is 32.5 Å². The summed E-state index contributed by atoms with van der Waals surface area (Å²) in [7, 11) is 1.64. The van der Waals surface area contributed by atoms with Crippen molar-refractivity contribution in [3.8, 4) is 0 Å². The lowest BCUT2D eigenvalue weighted by Crippen LogP contribution is -2.32. The number of imidazole rings is 1. The Morgan fingerprint density at radius 3 is 3.10 bits per heavy atom. The van der Waals surface area contributed by atoms with Crippen molar-refractivity contribution < 1.29 is 13.9 Å². The Hall–Kier alpha value is -1.79. The summed E-state index contributed by atoms with van der Waals surface area (Å²) >= 11 is 5.89. The number of amides is 1. The van der Waals surface area contributed by atoms with Crippen LogP contribution in [0, 0.1) is 0 Å². The molecule has 1 N–H and O–H groups in total. The second kappa shape index (κ2) is 5.30. The molecule has 106 valence electrons. The molecule has 1 amide bonds. The first kappa shape index (κ1) is 13.2. The smallest absolute Gasteiger partial charge is 0.259 e. The summed E-state index contributed by atoms with van der Waals surface area (Å²) < 4.78 is 10.4. The number of likely N-dealkylation sites (tertiary alicyclic amines) is 1. The first-order valence-electron chi connectivity index (χ1n) is 6.26. The average Bonchev–Trinajstić information content (AvgIpc) is 3.17. The fraction of sp³-hybridized carbons (Fsp3) is 0.385. The van der Waals surface area contributed by atoms with Gasteiger partial charge in [-0.2, -0.15) is 0 Å². The number of hydrogen-bond donors (Lipinski definition) is 1. The number of carbonyl (C=O) groups is 1. The zero-order valence-corrected chi connectivity index (χ0v) is 11.6. The van der Waals surface area contributed by atoms with Gasteiger partial charge < -0.3 is 19.0 Å². The Labute approximate surface area is 120 Å². The number of aromatic nitrogens is 2. The predicted molar refractivity (Wildman–Crippen MR) is 71.5 cm³/mol. The van der Waals surface area contributed by atoms with Crippen LogP contribution < -0.4 is 0 Å². The molecule has 2 atom stereocenters. The van der Waals surface area contributed by atoms with E-state index >= 15 is 0 Å². The molecule has 6 nitrogen and oxygen atoms in total. The molecule has 3 rings (SSSR count). The highest BCUT2D eigenvalue weighted by Gasteiger charge is 2.38. The van der Waals surface area contributed by atoms with Crippen LogP contribution >= 0.6 is 11.6 Å². The Morgan fingerprint density at radius 2 is 2.50 bits per heavy atom. The highest BCUT2D eigenvalue weighted by molar-refractivity contribution is 6.32. The maximum Gasteiger partial charge on any atom is 0.259 e. The van der Waals surface area contributed by atoms with Crippen LogP contribution in [0.2, 0.25) is 5.22 Å². The second-order valence-electron chi connectivity index (χ2n) is 4.65. The molecule has 1 aliphatic heterocycles. The molecule has 3 heterocycles. The summed E-state index contributed by atoms with van der Waals surface area (Å²) in [6.07, 6.45) is 5.50. The van der Waals surface area contributed by atoms with Crippen LogP contribution in [-0.2, 0) is 4.74 Å². The van der Waals surface area contributed by atoms with E-state index in [4.69, 9.17) is 20.8 Å². The number of H-pyrrole nitrogens is 1. The van der Waals surface area contributed by atoms with E-state index < -0.39 is 0 Å². The number of hydrogen-bond acceptors (Lipinski definition) is 4. The van der Waals surface area contributed by atoms with Crippen molar-refractivity contribution in [3.63, 3.8) is 0 Å². The third-order valence-electron chi connectivity index (χ3n) is 3.54. The summed E-state index contributed by atoms with van der Waals surface area (Å²) in [5, 5.41) is 0.106. The van der Waals surface area contributed by atoms with Crippen LogP contribution in [-0.4, -0.2) is 40.5 Å². The van der Waals surface area contributed by atoms with Gasteiger partial charge in [-0.05, 0) is 17.7 Å². The van der Waals surface area contributed by atoms with Crippen LogP contribution in [0.5, 0.6) is 0 Å². The second-order valence-corrected chi connectivity index (χ2v) is 4.99. The van der Waals surface area contributed by atoms with Gasteiger partial charge in [0.15, 0.2) is 0 Å². The SMILES string of the molecule is CO[C@@H]1CC(c2ncc[nH]2)N(C(=O)c2ccoc2Cl)C1. The molecular formula is C13H14ClN3O3. The number of carbonyl (C=O) groups excluding carboxylic acids is 1. The number of furan rings is 1. The normalized spacial score (nSPS) is 22.4. The van der Waals surface area contributed by atoms with Gasteiger partial charge >= 0.3 is 0 Å². The number of rotatable bonds is 3. The van der Waals surface area contributed by atoms with E-state index in [0.29, 0.717) is 18.5 Å². The summed E-state index contributed by atoms with van der Waals surface area (Å²) in [6.45, 7) is 0.502. The molecule has 7 heteroatoms. The summed E-state index contributed by atoms with van der Waals surface area (Å²) in [5.74, 6) is 0.571. The largest absolute Gasteiger partial charge is 0.452 e. The highest BCUT2D eigenvalue weighted by atomic mass is 35.5. The van der Waals surface area contributed by atoms with Gasteiger partial charge in [0.05, 0.1) is 24.0 Å². The van der Waals surface area contributed by atoms with E-state index in [2.05, 4.69) is 9.97 Å². The monoisotopic (exact) mass is 295 g/mol. The lowest BCUT2D eigenvalue weighted by atomic mass is 10.2. The van der Waals surface area contributed by atoms with E-state index in [0.717, 1.165) is 5.82 Å². The molecule has 0 saturated carbocycles. The Kier molecular flexibility index (Phi) is 3.50. The summed E-state index contributed by atoms with van der Waals surface area (Å²) in [5.41, 5.74) is 0.361. The molecule has 1 unspecified atom stereocenters. The van der Waals surface area contributed by atoms with Crippen molar-refractivity contribution in [3.05, 3.63) is 41.3 Å². The average molecular weight is 296 g/mol. The number of halogens is 1. The number of methoxy groups -OCH3 is 1. The van der Waals surface area contributed by atoms with Gasteiger partial charge in [-0.25, -0.2) is 4.98 Å². The quantitative estimate of drug-likeness (QED) is 0.943. The number of aromatic amines is 1.